The van der Waals surface area contributed by atoms with Gasteiger partial charge in [-0.15, -0.1) is 0 Å². The van der Waals surface area contributed by atoms with Gasteiger partial charge in [0.25, 0.3) is 0 Å². The molecule has 2 aromatic rings. The van der Waals surface area contributed by atoms with Crippen molar-refractivity contribution in [1.29, 1.82) is 0 Å². The highest BCUT2D eigenvalue weighted by atomic mass is 35.5. The average molecular weight is 491 g/mol. The van der Waals surface area contributed by atoms with Gasteiger partial charge in [-0.3, -0.25) is 9.59 Å². The number of hydrogen-bond acceptors (Lipinski definition) is 3. The number of amides is 2. The number of nitrogens with zero attached hydrogens (tertiary/aromatic N) is 1. The molecular formula is C26H32Cl2N2O3. The van der Waals surface area contributed by atoms with Crippen molar-refractivity contribution in [3.63, 3.8) is 0 Å². The summed E-state index contributed by atoms with van der Waals surface area (Å²) in [5.41, 5.74) is 0.933. The van der Waals surface area contributed by atoms with Crippen molar-refractivity contribution in [2.75, 3.05) is 6.61 Å². The number of benzene rings is 2. The van der Waals surface area contributed by atoms with Crippen LogP contribution in [-0.4, -0.2) is 35.4 Å². The molecule has 0 bridgehead atoms. The van der Waals surface area contributed by atoms with Crippen molar-refractivity contribution >= 4 is 35.0 Å². The maximum atomic E-state index is 13.2. The Balaban J connectivity index is 1.59. The van der Waals surface area contributed by atoms with Gasteiger partial charge < -0.3 is 15.0 Å². The second kappa shape index (κ2) is 12.9. The van der Waals surface area contributed by atoms with Gasteiger partial charge >= 0.3 is 0 Å². The summed E-state index contributed by atoms with van der Waals surface area (Å²) in [4.78, 5) is 27.8. The molecule has 7 heteroatoms. The average Bonchev–Trinajstić information content (AvgIpc) is 2.82. The molecule has 1 atom stereocenters. The van der Waals surface area contributed by atoms with Gasteiger partial charge in [0.1, 0.15) is 11.8 Å². The Hall–Kier alpha value is -2.24. The number of nitrogens with one attached hydrogen (secondary N) is 1. The van der Waals surface area contributed by atoms with Gasteiger partial charge in [0.15, 0.2) is 0 Å². The Morgan fingerprint density at radius 2 is 1.61 bits per heavy atom. The van der Waals surface area contributed by atoms with E-state index >= 15 is 0 Å². The zero-order chi connectivity index (χ0) is 23.6. The zero-order valence-electron chi connectivity index (χ0n) is 19.1. The third-order valence-electron chi connectivity index (χ3n) is 6.00. The molecule has 0 aliphatic heterocycles. The van der Waals surface area contributed by atoms with Gasteiger partial charge in [-0.05, 0) is 68.1 Å². The van der Waals surface area contributed by atoms with Crippen LogP contribution in [-0.2, 0) is 16.1 Å². The number of halogens is 2. The van der Waals surface area contributed by atoms with Gasteiger partial charge in [0.2, 0.25) is 11.8 Å². The molecule has 5 nitrogen and oxygen atoms in total. The molecule has 0 saturated heterocycles. The quantitative estimate of drug-likeness (QED) is 0.414. The Bertz CT molecular complexity index is 897. The molecule has 2 amide bonds. The third kappa shape index (κ3) is 8.24. The summed E-state index contributed by atoms with van der Waals surface area (Å²) in [5, 5.41) is 4.44. The Morgan fingerprint density at radius 1 is 1.00 bits per heavy atom. The van der Waals surface area contributed by atoms with E-state index in [1.165, 1.54) is 6.42 Å². The molecule has 2 aromatic carbocycles. The first-order valence-corrected chi connectivity index (χ1v) is 12.4. The highest BCUT2D eigenvalue weighted by molar-refractivity contribution is 6.30. The molecule has 1 aliphatic rings. The lowest BCUT2D eigenvalue weighted by Gasteiger charge is -2.31. The molecule has 1 unspecified atom stereocenters. The highest BCUT2D eigenvalue weighted by Gasteiger charge is 2.27. The van der Waals surface area contributed by atoms with Crippen LogP contribution in [0.3, 0.4) is 0 Å². The van der Waals surface area contributed by atoms with Gasteiger partial charge in [-0.1, -0.05) is 54.6 Å². The maximum Gasteiger partial charge on any atom is 0.242 e. The minimum absolute atomic E-state index is 0.0732. The van der Waals surface area contributed by atoms with Crippen molar-refractivity contribution in [1.82, 2.24) is 10.2 Å². The van der Waals surface area contributed by atoms with E-state index in [9.17, 15) is 9.59 Å². The number of carbonyl (C=O) groups excluding carboxylic acids is 2. The van der Waals surface area contributed by atoms with Crippen LogP contribution < -0.4 is 10.1 Å². The Morgan fingerprint density at radius 3 is 2.24 bits per heavy atom. The minimum Gasteiger partial charge on any atom is -0.494 e. The summed E-state index contributed by atoms with van der Waals surface area (Å²) in [6.45, 7) is 2.56. The standard InChI is InChI=1S/C26H32Cl2N2O3/c1-19(26(32)29-23-6-3-2-4-7-23)30(18-20-9-11-21(27)12-10-20)25(31)8-5-17-33-24-15-13-22(28)14-16-24/h9-16,19,23H,2-8,17-18H2,1H3,(H,29,32). The summed E-state index contributed by atoms with van der Waals surface area (Å²) in [5.74, 6) is 0.544. The minimum atomic E-state index is -0.563. The van der Waals surface area contributed by atoms with Crippen molar-refractivity contribution in [2.45, 2.75) is 70.5 Å². The first-order valence-electron chi connectivity index (χ1n) is 11.6. The third-order valence-corrected chi connectivity index (χ3v) is 6.51. The van der Waals surface area contributed by atoms with Crippen LogP contribution in [0, 0.1) is 0 Å². The summed E-state index contributed by atoms with van der Waals surface area (Å²) in [7, 11) is 0. The molecule has 3 rings (SSSR count). The van der Waals surface area contributed by atoms with Crippen LogP contribution in [0.15, 0.2) is 48.5 Å². The molecule has 0 spiro atoms. The van der Waals surface area contributed by atoms with E-state index in [0.29, 0.717) is 41.8 Å². The predicted molar refractivity (Wildman–Crippen MR) is 133 cm³/mol. The van der Waals surface area contributed by atoms with E-state index in [-0.39, 0.29) is 17.9 Å². The van der Waals surface area contributed by atoms with Crippen molar-refractivity contribution in [3.8, 4) is 5.75 Å². The van der Waals surface area contributed by atoms with E-state index in [4.69, 9.17) is 27.9 Å². The number of hydrogen-bond donors (Lipinski definition) is 1. The molecule has 1 N–H and O–H groups in total. The van der Waals surface area contributed by atoms with Crippen molar-refractivity contribution in [3.05, 3.63) is 64.1 Å². The highest BCUT2D eigenvalue weighted by Crippen LogP contribution is 2.20. The molecule has 178 valence electrons. The largest absolute Gasteiger partial charge is 0.494 e. The van der Waals surface area contributed by atoms with Crippen molar-refractivity contribution in [2.24, 2.45) is 0 Å². The topological polar surface area (TPSA) is 58.6 Å². The van der Waals surface area contributed by atoms with Crippen LogP contribution >= 0.6 is 23.2 Å². The fraction of sp³-hybridized carbons (Fsp3) is 0.462. The van der Waals surface area contributed by atoms with Crippen molar-refractivity contribution < 1.29 is 14.3 Å². The van der Waals surface area contributed by atoms with Crippen LogP contribution in [0.1, 0.15) is 57.4 Å². The summed E-state index contributed by atoms with van der Waals surface area (Å²) >= 11 is 11.9. The van der Waals surface area contributed by atoms with E-state index in [0.717, 1.165) is 31.2 Å². The lowest BCUT2D eigenvalue weighted by molar-refractivity contribution is -0.141. The molecule has 0 radical (unpaired) electrons. The monoisotopic (exact) mass is 490 g/mol. The molecule has 1 fully saturated rings. The van der Waals surface area contributed by atoms with E-state index < -0.39 is 6.04 Å². The van der Waals surface area contributed by atoms with Gasteiger partial charge in [-0.2, -0.15) is 0 Å². The van der Waals surface area contributed by atoms with Crippen LogP contribution in [0.5, 0.6) is 5.75 Å². The lowest BCUT2D eigenvalue weighted by atomic mass is 9.95. The summed E-state index contributed by atoms with van der Waals surface area (Å²) < 4.78 is 5.71. The second-order valence-corrected chi connectivity index (χ2v) is 9.45. The number of rotatable bonds is 10. The van der Waals surface area contributed by atoms with E-state index in [1.54, 1.807) is 48.2 Å². The van der Waals surface area contributed by atoms with Gasteiger partial charge in [0.05, 0.1) is 6.61 Å². The van der Waals surface area contributed by atoms with Crippen LogP contribution in [0.2, 0.25) is 10.0 Å². The normalized spacial score (nSPS) is 15.0. The number of carbonyl (C=O) groups is 2. The van der Waals surface area contributed by atoms with Crippen LogP contribution in [0.4, 0.5) is 0 Å². The molecule has 1 saturated carbocycles. The first-order chi connectivity index (χ1) is 15.9. The summed E-state index contributed by atoms with van der Waals surface area (Å²) in [6, 6.07) is 14.1. The summed E-state index contributed by atoms with van der Waals surface area (Å²) in [6.07, 6.45) is 6.36. The molecule has 33 heavy (non-hydrogen) atoms. The fourth-order valence-electron chi connectivity index (χ4n) is 4.03. The van der Waals surface area contributed by atoms with Crippen LogP contribution in [0.25, 0.3) is 0 Å². The predicted octanol–water partition coefficient (Wildman–Crippen LogP) is 6.02. The Labute approximate surface area is 206 Å². The fourth-order valence-corrected chi connectivity index (χ4v) is 4.28. The second-order valence-electron chi connectivity index (χ2n) is 8.57. The van der Waals surface area contributed by atoms with E-state index in [1.807, 2.05) is 12.1 Å². The Kier molecular flexibility index (Phi) is 9.89. The molecule has 1 aliphatic carbocycles. The molecule has 0 aromatic heterocycles. The number of ether oxygens (including phenoxy) is 1. The SMILES string of the molecule is CC(C(=O)NC1CCCCC1)N(Cc1ccc(Cl)cc1)C(=O)CCCOc1ccc(Cl)cc1. The first kappa shape index (κ1) is 25.4. The zero-order valence-corrected chi connectivity index (χ0v) is 20.6. The maximum absolute atomic E-state index is 13.2. The smallest absolute Gasteiger partial charge is 0.242 e. The molecule has 0 heterocycles. The molecular weight excluding hydrogens is 459 g/mol. The van der Waals surface area contributed by atoms with Gasteiger partial charge in [-0.25, -0.2) is 0 Å². The lowest BCUT2D eigenvalue weighted by Crippen LogP contribution is -2.50. The van der Waals surface area contributed by atoms with Gasteiger partial charge in [0, 0.05) is 29.1 Å². The van der Waals surface area contributed by atoms with E-state index in [2.05, 4.69) is 5.32 Å².